The molecule has 1 heterocycles. The summed E-state index contributed by atoms with van der Waals surface area (Å²) in [7, 11) is 0. The number of fused-ring (bicyclic) bond motifs is 1. The van der Waals surface area contributed by atoms with E-state index in [0.29, 0.717) is 0 Å². The lowest BCUT2D eigenvalue weighted by atomic mass is 9.85. The van der Waals surface area contributed by atoms with E-state index in [9.17, 15) is 0 Å². The van der Waals surface area contributed by atoms with Gasteiger partial charge in [0, 0.05) is 5.56 Å². The number of aryl methyl sites for hydroxylation is 2. The van der Waals surface area contributed by atoms with Gasteiger partial charge in [-0.2, -0.15) is 0 Å². The number of H-pyrrole nitrogens is 1. The van der Waals surface area contributed by atoms with Crippen LogP contribution in [-0.4, -0.2) is 9.97 Å². The van der Waals surface area contributed by atoms with Gasteiger partial charge in [0.15, 0.2) is 0 Å². The molecule has 0 spiro atoms. The third kappa shape index (κ3) is 4.50. The maximum Gasteiger partial charge on any atom is 0.138 e. The van der Waals surface area contributed by atoms with E-state index < -0.39 is 0 Å². The summed E-state index contributed by atoms with van der Waals surface area (Å²) in [6.07, 6.45) is 0. The molecule has 6 aromatic rings. The highest BCUT2D eigenvalue weighted by Gasteiger charge is 2.16. The largest absolute Gasteiger partial charge is 0.338 e. The van der Waals surface area contributed by atoms with Crippen LogP contribution in [0.2, 0.25) is 0 Å². The van der Waals surface area contributed by atoms with E-state index in [-0.39, 0.29) is 0 Å². The fourth-order valence-corrected chi connectivity index (χ4v) is 4.93. The summed E-state index contributed by atoms with van der Waals surface area (Å²) >= 11 is 0. The first-order chi connectivity index (χ1) is 18.2. The van der Waals surface area contributed by atoms with E-state index >= 15 is 0 Å². The van der Waals surface area contributed by atoms with Crippen molar-refractivity contribution < 1.29 is 0 Å². The molecule has 2 heteroatoms. The number of nitrogens with zero attached hydrogens (tertiary/aromatic N) is 1. The lowest BCUT2D eigenvalue weighted by Crippen LogP contribution is -1.97. The zero-order chi connectivity index (χ0) is 25.2. The molecule has 2 nitrogen and oxygen atoms in total. The third-order valence-corrected chi connectivity index (χ3v) is 6.98. The van der Waals surface area contributed by atoms with Crippen molar-refractivity contribution in [3.8, 4) is 11.4 Å². The molecule has 0 bridgehead atoms. The topological polar surface area (TPSA) is 28.7 Å². The van der Waals surface area contributed by atoms with E-state index in [1.807, 2.05) is 0 Å². The first-order valence-corrected chi connectivity index (χ1v) is 12.7. The van der Waals surface area contributed by atoms with Crippen molar-refractivity contribution in [2.24, 2.45) is 0 Å². The van der Waals surface area contributed by atoms with Crippen LogP contribution in [0.5, 0.6) is 0 Å². The Labute approximate surface area is 218 Å². The normalized spacial score (nSPS) is 11.0. The molecular formula is C35H28N2. The molecular weight excluding hydrogens is 448 g/mol. The molecule has 1 N–H and O–H groups in total. The number of aromatic amines is 1. The predicted molar refractivity (Wildman–Crippen MR) is 155 cm³/mol. The molecule has 6 rings (SSSR count). The second-order valence-corrected chi connectivity index (χ2v) is 9.46. The minimum atomic E-state index is 0.892. The van der Waals surface area contributed by atoms with Crippen molar-refractivity contribution in [3.05, 3.63) is 161 Å². The number of imidazole rings is 1. The third-order valence-electron chi connectivity index (χ3n) is 6.98. The van der Waals surface area contributed by atoms with Gasteiger partial charge >= 0.3 is 0 Å². The van der Waals surface area contributed by atoms with Crippen LogP contribution in [0, 0.1) is 13.8 Å². The van der Waals surface area contributed by atoms with Gasteiger partial charge in [0.25, 0.3) is 0 Å². The van der Waals surface area contributed by atoms with Gasteiger partial charge in [0.1, 0.15) is 5.82 Å². The van der Waals surface area contributed by atoms with Gasteiger partial charge in [-0.3, -0.25) is 0 Å². The minimum Gasteiger partial charge on any atom is -0.338 e. The molecule has 0 unspecified atom stereocenters. The Balaban J connectivity index is 1.53. The molecule has 1 aromatic heterocycles. The molecule has 0 atom stereocenters. The molecule has 0 aliphatic carbocycles. The van der Waals surface area contributed by atoms with Crippen LogP contribution >= 0.6 is 0 Å². The Morgan fingerprint density at radius 1 is 0.514 bits per heavy atom. The van der Waals surface area contributed by atoms with E-state index in [2.05, 4.69) is 146 Å². The van der Waals surface area contributed by atoms with Crippen molar-refractivity contribution in [3.63, 3.8) is 0 Å². The van der Waals surface area contributed by atoms with Crippen molar-refractivity contribution in [2.45, 2.75) is 13.8 Å². The highest BCUT2D eigenvalue weighted by Crippen LogP contribution is 2.37. The smallest absolute Gasteiger partial charge is 0.138 e. The quantitative estimate of drug-likeness (QED) is 0.247. The van der Waals surface area contributed by atoms with Crippen molar-refractivity contribution in [1.29, 1.82) is 0 Å². The minimum absolute atomic E-state index is 0.892. The van der Waals surface area contributed by atoms with Gasteiger partial charge in [-0.05, 0) is 70.5 Å². The lowest BCUT2D eigenvalue weighted by Gasteiger charge is -2.18. The van der Waals surface area contributed by atoms with Crippen LogP contribution in [0.3, 0.4) is 0 Å². The zero-order valence-electron chi connectivity index (χ0n) is 21.1. The average Bonchev–Trinajstić information content (AvgIpc) is 3.36. The van der Waals surface area contributed by atoms with E-state index in [1.54, 1.807) is 0 Å². The van der Waals surface area contributed by atoms with E-state index in [4.69, 9.17) is 4.98 Å². The fraction of sp³-hybridized carbons (Fsp3) is 0.0571. The molecule has 0 saturated heterocycles. The van der Waals surface area contributed by atoms with Gasteiger partial charge in [-0.1, -0.05) is 115 Å². The van der Waals surface area contributed by atoms with Gasteiger partial charge < -0.3 is 4.98 Å². The standard InChI is InChI=1S/C35H28N2/c1-24-22-31-32(23-25(24)2)37-35(36-31)30-20-18-29(19-21-30)34(28-16-10-5-11-17-28)33(26-12-6-3-7-13-26)27-14-8-4-9-15-27/h3-23H,1-2H3,(H,36,37). The Kier molecular flexibility index (Phi) is 6.00. The average molecular weight is 477 g/mol. The maximum atomic E-state index is 4.88. The number of aromatic nitrogens is 2. The Morgan fingerprint density at radius 2 is 0.946 bits per heavy atom. The van der Waals surface area contributed by atoms with Crippen molar-refractivity contribution >= 4 is 22.2 Å². The summed E-state index contributed by atoms with van der Waals surface area (Å²) in [5.74, 6) is 0.892. The summed E-state index contributed by atoms with van der Waals surface area (Å²) < 4.78 is 0. The highest BCUT2D eigenvalue weighted by atomic mass is 14.9. The molecule has 178 valence electrons. The molecule has 0 radical (unpaired) electrons. The predicted octanol–water partition coefficient (Wildman–Crippen LogP) is 8.85. The fourth-order valence-electron chi connectivity index (χ4n) is 4.93. The summed E-state index contributed by atoms with van der Waals surface area (Å²) in [6.45, 7) is 4.27. The maximum absolute atomic E-state index is 4.88. The summed E-state index contributed by atoms with van der Waals surface area (Å²) in [4.78, 5) is 8.39. The van der Waals surface area contributed by atoms with Crippen LogP contribution in [0.15, 0.2) is 127 Å². The first kappa shape index (κ1) is 22.8. The number of hydrogen-bond acceptors (Lipinski definition) is 1. The molecule has 0 amide bonds. The Morgan fingerprint density at radius 3 is 1.43 bits per heavy atom. The number of benzene rings is 5. The molecule has 0 fully saturated rings. The SMILES string of the molecule is Cc1cc2nc(-c3ccc(C(=C(c4ccccc4)c4ccccc4)c4ccccc4)cc3)[nH]c2cc1C. The summed E-state index contributed by atoms with van der Waals surface area (Å²) in [6, 6.07) is 45.1. The van der Waals surface area contributed by atoms with E-state index in [1.165, 1.54) is 44.5 Å². The number of nitrogens with one attached hydrogen (secondary N) is 1. The Hall–Kier alpha value is -4.69. The molecule has 0 aliphatic rings. The van der Waals surface area contributed by atoms with Crippen LogP contribution in [0.1, 0.15) is 33.4 Å². The summed E-state index contributed by atoms with van der Waals surface area (Å²) in [5.41, 5.74) is 12.8. The van der Waals surface area contributed by atoms with Gasteiger partial charge in [-0.15, -0.1) is 0 Å². The second kappa shape index (κ2) is 9.75. The van der Waals surface area contributed by atoms with Gasteiger partial charge in [0.2, 0.25) is 0 Å². The zero-order valence-corrected chi connectivity index (χ0v) is 21.1. The number of hydrogen-bond donors (Lipinski definition) is 1. The van der Waals surface area contributed by atoms with E-state index in [0.717, 1.165) is 22.4 Å². The van der Waals surface area contributed by atoms with Crippen LogP contribution in [-0.2, 0) is 0 Å². The van der Waals surface area contributed by atoms with Crippen LogP contribution in [0.25, 0.3) is 33.6 Å². The highest BCUT2D eigenvalue weighted by molar-refractivity contribution is 6.04. The molecule has 0 saturated carbocycles. The lowest BCUT2D eigenvalue weighted by molar-refractivity contribution is 1.33. The van der Waals surface area contributed by atoms with Crippen LogP contribution < -0.4 is 0 Å². The monoisotopic (exact) mass is 476 g/mol. The first-order valence-electron chi connectivity index (χ1n) is 12.7. The van der Waals surface area contributed by atoms with Gasteiger partial charge in [0.05, 0.1) is 11.0 Å². The van der Waals surface area contributed by atoms with Crippen LogP contribution in [0.4, 0.5) is 0 Å². The second-order valence-electron chi connectivity index (χ2n) is 9.46. The molecule has 37 heavy (non-hydrogen) atoms. The Bertz CT molecular complexity index is 1610. The summed E-state index contributed by atoms with van der Waals surface area (Å²) in [5, 5.41) is 0. The molecule has 0 aliphatic heterocycles. The van der Waals surface area contributed by atoms with Crippen molar-refractivity contribution in [2.75, 3.05) is 0 Å². The molecule has 5 aromatic carbocycles. The van der Waals surface area contributed by atoms with Crippen molar-refractivity contribution in [1.82, 2.24) is 9.97 Å². The van der Waals surface area contributed by atoms with Gasteiger partial charge in [-0.25, -0.2) is 4.98 Å². The number of rotatable bonds is 5.